The molecule has 2 unspecified atom stereocenters. The van der Waals surface area contributed by atoms with Crippen LogP contribution in [0.25, 0.3) is 0 Å². The molecule has 3 N–H and O–H groups in total. The Bertz CT molecular complexity index is 213. The van der Waals surface area contributed by atoms with Gasteiger partial charge in [-0.15, -0.1) is 0 Å². The first kappa shape index (κ1) is 12.3. The van der Waals surface area contributed by atoms with Crippen LogP contribution in [0.4, 0.5) is 0 Å². The first-order valence-corrected chi connectivity index (χ1v) is 7.01. The Morgan fingerprint density at radius 3 is 2.62 bits per heavy atom. The van der Waals surface area contributed by atoms with Gasteiger partial charge < -0.3 is 5.73 Å². The normalized spacial score (nSPS) is 36.8. The van der Waals surface area contributed by atoms with E-state index in [0.29, 0.717) is 0 Å². The van der Waals surface area contributed by atoms with Gasteiger partial charge in [-0.05, 0) is 38.0 Å². The molecular formula is C13H27N3. The number of rotatable bonds is 4. The third-order valence-electron chi connectivity index (χ3n) is 4.43. The highest BCUT2D eigenvalue weighted by Gasteiger charge is 2.38. The van der Waals surface area contributed by atoms with Crippen molar-refractivity contribution < 1.29 is 0 Å². The molecule has 16 heavy (non-hydrogen) atoms. The fraction of sp³-hybridized carbons (Fsp3) is 1.00. The van der Waals surface area contributed by atoms with Crippen molar-refractivity contribution in [2.24, 2.45) is 11.7 Å². The smallest absolute Gasteiger partial charge is 0.0450 e. The Hall–Kier alpha value is -0.120. The summed E-state index contributed by atoms with van der Waals surface area (Å²) in [5.74, 6) is 0.890. The predicted molar refractivity (Wildman–Crippen MR) is 68.0 cm³/mol. The Labute approximate surface area is 99.7 Å². The molecular weight excluding hydrogens is 198 g/mol. The Morgan fingerprint density at radius 1 is 1.31 bits per heavy atom. The van der Waals surface area contributed by atoms with Gasteiger partial charge in [-0.1, -0.05) is 19.8 Å². The standard InChI is InChI=1S/C13H27N3/c1-2-12-6-7-13(10-12,11-14)15-16-8-4-3-5-9-16/h12,15H,2-11,14H2,1H3. The Kier molecular flexibility index (Phi) is 4.22. The molecule has 2 atom stereocenters. The molecule has 3 nitrogen and oxygen atoms in total. The molecule has 1 saturated heterocycles. The maximum atomic E-state index is 6.01. The molecule has 3 heteroatoms. The zero-order valence-corrected chi connectivity index (χ0v) is 10.7. The minimum Gasteiger partial charge on any atom is -0.329 e. The van der Waals surface area contributed by atoms with Crippen LogP contribution in [0.1, 0.15) is 51.9 Å². The molecule has 2 rings (SSSR count). The Morgan fingerprint density at radius 2 is 2.06 bits per heavy atom. The lowest BCUT2D eigenvalue weighted by molar-refractivity contribution is 0.0833. The number of hydrogen-bond donors (Lipinski definition) is 2. The highest BCUT2D eigenvalue weighted by atomic mass is 15.5. The second-order valence-electron chi connectivity index (χ2n) is 5.66. The largest absolute Gasteiger partial charge is 0.329 e. The molecule has 0 radical (unpaired) electrons. The average molecular weight is 225 g/mol. The van der Waals surface area contributed by atoms with E-state index in [1.54, 1.807) is 0 Å². The third-order valence-corrected chi connectivity index (χ3v) is 4.43. The summed E-state index contributed by atoms with van der Waals surface area (Å²) in [5.41, 5.74) is 9.99. The summed E-state index contributed by atoms with van der Waals surface area (Å²) in [6.45, 7) is 5.51. The van der Waals surface area contributed by atoms with Crippen LogP contribution >= 0.6 is 0 Å². The summed E-state index contributed by atoms with van der Waals surface area (Å²) in [4.78, 5) is 0. The van der Waals surface area contributed by atoms with Gasteiger partial charge in [0.1, 0.15) is 0 Å². The van der Waals surface area contributed by atoms with Crippen LogP contribution in [0.3, 0.4) is 0 Å². The molecule has 0 aromatic carbocycles. The first-order valence-electron chi connectivity index (χ1n) is 7.01. The van der Waals surface area contributed by atoms with Crippen molar-refractivity contribution >= 4 is 0 Å². The lowest BCUT2D eigenvalue weighted by atomic mass is 9.96. The van der Waals surface area contributed by atoms with E-state index in [0.717, 1.165) is 12.5 Å². The average Bonchev–Trinajstić information content (AvgIpc) is 2.75. The van der Waals surface area contributed by atoms with Crippen molar-refractivity contribution in [1.29, 1.82) is 0 Å². The van der Waals surface area contributed by atoms with E-state index in [4.69, 9.17) is 5.73 Å². The van der Waals surface area contributed by atoms with Crippen molar-refractivity contribution in [2.45, 2.75) is 57.4 Å². The molecule has 2 fully saturated rings. The number of hydrazine groups is 1. The molecule has 0 aromatic heterocycles. The lowest BCUT2D eigenvalue weighted by Gasteiger charge is -2.38. The molecule has 0 spiro atoms. The molecule has 2 aliphatic rings. The number of hydrogen-bond acceptors (Lipinski definition) is 3. The van der Waals surface area contributed by atoms with Gasteiger partial charge in [0.25, 0.3) is 0 Å². The second kappa shape index (κ2) is 5.48. The fourth-order valence-electron chi connectivity index (χ4n) is 3.26. The van der Waals surface area contributed by atoms with Gasteiger partial charge in [-0.2, -0.15) is 0 Å². The van der Waals surface area contributed by atoms with E-state index in [1.165, 1.54) is 58.0 Å². The zero-order valence-electron chi connectivity index (χ0n) is 10.7. The number of nitrogens with zero attached hydrogens (tertiary/aromatic N) is 1. The lowest BCUT2D eigenvalue weighted by Crippen LogP contribution is -2.58. The summed E-state index contributed by atoms with van der Waals surface area (Å²) in [6, 6.07) is 0. The predicted octanol–water partition coefficient (Wildman–Crippen LogP) is 1.88. The first-order chi connectivity index (χ1) is 7.78. The zero-order chi connectivity index (χ0) is 11.4. The van der Waals surface area contributed by atoms with Gasteiger partial charge in [0.2, 0.25) is 0 Å². The minimum absolute atomic E-state index is 0.220. The summed E-state index contributed by atoms with van der Waals surface area (Å²) in [6.07, 6.45) is 9.27. The molecule has 0 bridgehead atoms. The quantitative estimate of drug-likeness (QED) is 0.767. The number of nitrogens with one attached hydrogen (secondary N) is 1. The van der Waals surface area contributed by atoms with E-state index in [9.17, 15) is 0 Å². The van der Waals surface area contributed by atoms with Gasteiger partial charge in [-0.3, -0.25) is 0 Å². The minimum atomic E-state index is 0.220. The number of piperidine rings is 1. The summed E-state index contributed by atoms with van der Waals surface area (Å²) < 4.78 is 0. The van der Waals surface area contributed by atoms with E-state index in [2.05, 4.69) is 17.4 Å². The molecule has 1 aliphatic heterocycles. The van der Waals surface area contributed by atoms with Crippen molar-refractivity contribution in [3.8, 4) is 0 Å². The molecule has 1 heterocycles. The Balaban J connectivity index is 1.89. The van der Waals surface area contributed by atoms with Crippen LogP contribution in [0, 0.1) is 5.92 Å². The van der Waals surface area contributed by atoms with Crippen LogP contribution in [-0.2, 0) is 0 Å². The summed E-state index contributed by atoms with van der Waals surface area (Å²) >= 11 is 0. The molecule has 0 amide bonds. The third kappa shape index (κ3) is 2.76. The van der Waals surface area contributed by atoms with E-state index in [1.807, 2.05) is 0 Å². The maximum Gasteiger partial charge on any atom is 0.0450 e. The SMILES string of the molecule is CCC1CCC(CN)(NN2CCCCC2)C1. The van der Waals surface area contributed by atoms with Crippen LogP contribution in [0.2, 0.25) is 0 Å². The topological polar surface area (TPSA) is 41.3 Å². The van der Waals surface area contributed by atoms with Gasteiger partial charge in [0.15, 0.2) is 0 Å². The van der Waals surface area contributed by atoms with Crippen LogP contribution in [-0.4, -0.2) is 30.2 Å². The number of nitrogens with two attached hydrogens (primary N) is 1. The molecule has 0 aromatic rings. The van der Waals surface area contributed by atoms with Crippen molar-refractivity contribution in [3.05, 3.63) is 0 Å². The van der Waals surface area contributed by atoms with Crippen LogP contribution < -0.4 is 11.2 Å². The van der Waals surface area contributed by atoms with Gasteiger partial charge >= 0.3 is 0 Å². The summed E-state index contributed by atoms with van der Waals surface area (Å²) in [7, 11) is 0. The van der Waals surface area contributed by atoms with Gasteiger partial charge in [0.05, 0.1) is 0 Å². The second-order valence-corrected chi connectivity index (χ2v) is 5.66. The van der Waals surface area contributed by atoms with Crippen LogP contribution in [0.15, 0.2) is 0 Å². The fourth-order valence-corrected chi connectivity index (χ4v) is 3.26. The van der Waals surface area contributed by atoms with Crippen molar-refractivity contribution in [3.63, 3.8) is 0 Å². The highest BCUT2D eigenvalue weighted by Crippen LogP contribution is 2.36. The highest BCUT2D eigenvalue weighted by molar-refractivity contribution is 4.96. The molecule has 94 valence electrons. The molecule has 1 saturated carbocycles. The van der Waals surface area contributed by atoms with Crippen molar-refractivity contribution in [2.75, 3.05) is 19.6 Å². The molecule has 1 aliphatic carbocycles. The summed E-state index contributed by atoms with van der Waals surface area (Å²) in [5, 5.41) is 2.42. The van der Waals surface area contributed by atoms with E-state index in [-0.39, 0.29) is 5.54 Å². The van der Waals surface area contributed by atoms with Gasteiger partial charge in [-0.25, -0.2) is 10.4 Å². The monoisotopic (exact) mass is 225 g/mol. The van der Waals surface area contributed by atoms with E-state index < -0.39 is 0 Å². The van der Waals surface area contributed by atoms with E-state index >= 15 is 0 Å². The maximum absolute atomic E-state index is 6.01. The van der Waals surface area contributed by atoms with Gasteiger partial charge in [0, 0.05) is 25.2 Å². The van der Waals surface area contributed by atoms with Crippen LogP contribution in [0.5, 0.6) is 0 Å². The van der Waals surface area contributed by atoms with Crippen molar-refractivity contribution in [1.82, 2.24) is 10.4 Å².